The molecule has 1 aromatic carbocycles. The molecule has 1 unspecified atom stereocenters. The van der Waals surface area contributed by atoms with Crippen LogP contribution < -0.4 is 0 Å². The van der Waals surface area contributed by atoms with E-state index in [4.69, 9.17) is 8.85 Å². The Balaban J connectivity index is 2.54. The molecule has 2 nitrogen and oxygen atoms in total. The van der Waals surface area contributed by atoms with Gasteiger partial charge in [-0.1, -0.05) is 50.3 Å². The van der Waals surface area contributed by atoms with Gasteiger partial charge in [-0.2, -0.15) is 0 Å². The van der Waals surface area contributed by atoms with Crippen molar-refractivity contribution < 1.29 is 8.85 Å². The fourth-order valence-corrected chi connectivity index (χ4v) is 4.71. The first kappa shape index (κ1) is 16.2. The van der Waals surface area contributed by atoms with Gasteiger partial charge in [0.1, 0.15) is 0 Å². The van der Waals surface area contributed by atoms with Crippen molar-refractivity contribution in [1.29, 1.82) is 0 Å². The van der Waals surface area contributed by atoms with Crippen molar-refractivity contribution in [2.75, 3.05) is 13.2 Å². The van der Waals surface area contributed by atoms with E-state index < -0.39 is 8.56 Å². The van der Waals surface area contributed by atoms with Crippen LogP contribution in [0.1, 0.15) is 31.4 Å². The molecular weight excluding hydrogens is 252 g/mol. The molecule has 19 heavy (non-hydrogen) atoms. The Morgan fingerprint density at radius 1 is 1.21 bits per heavy atom. The summed E-state index contributed by atoms with van der Waals surface area (Å²) in [5.41, 5.74) is 2.49. The van der Waals surface area contributed by atoms with E-state index in [2.05, 4.69) is 38.2 Å². The maximum absolute atomic E-state index is 6.10. The summed E-state index contributed by atoms with van der Waals surface area (Å²) in [5, 5.41) is 0. The Bertz CT molecular complexity index is 384. The molecule has 0 fully saturated rings. The molecule has 1 atom stereocenters. The lowest BCUT2D eigenvalue weighted by Crippen LogP contribution is -2.39. The van der Waals surface area contributed by atoms with Crippen LogP contribution in [-0.2, 0) is 15.3 Å². The van der Waals surface area contributed by atoms with Crippen molar-refractivity contribution >= 4 is 14.6 Å². The summed E-state index contributed by atoms with van der Waals surface area (Å²) < 4.78 is 12.0. The highest BCUT2D eigenvalue weighted by atomic mass is 28.4. The van der Waals surface area contributed by atoms with Crippen LogP contribution in [0.5, 0.6) is 0 Å². The topological polar surface area (TPSA) is 18.5 Å². The fourth-order valence-electron chi connectivity index (χ4n) is 2.28. The van der Waals surface area contributed by atoms with Gasteiger partial charge in [-0.15, -0.1) is 0 Å². The summed E-state index contributed by atoms with van der Waals surface area (Å²) in [6.07, 6.45) is 3.94. The Labute approximate surface area is 118 Å². The minimum Gasteiger partial charge on any atom is -0.395 e. The third-order valence-corrected chi connectivity index (χ3v) is 6.33. The van der Waals surface area contributed by atoms with Crippen molar-refractivity contribution in [2.45, 2.75) is 39.3 Å². The molecule has 0 amide bonds. The lowest BCUT2D eigenvalue weighted by Gasteiger charge is -2.26. The molecule has 0 aliphatic heterocycles. The quantitative estimate of drug-likeness (QED) is 0.623. The molecule has 0 aromatic heterocycles. The SMILES string of the molecule is C=Cc1ccccc1CCO[Si](C)(CCC)OCC. The molecule has 0 spiro atoms. The molecule has 106 valence electrons. The molecule has 0 bridgehead atoms. The van der Waals surface area contributed by atoms with Gasteiger partial charge in [-0.25, -0.2) is 0 Å². The van der Waals surface area contributed by atoms with Gasteiger partial charge in [0.05, 0.1) is 0 Å². The lowest BCUT2D eigenvalue weighted by molar-refractivity contribution is 0.182. The van der Waals surface area contributed by atoms with E-state index in [0.29, 0.717) is 0 Å². The Morgan fingerprint density at radius 3 is 2.58 bits per heavy atom. The maximum atomic E-state index is 6.10. The predicted octanol–water partition coefficient (Wildman–Crippen LogP) is 4.41. The number of benzene rings is 1. The summed E-state index contributed by atoms with van der Waals surface area (Å²) in [5.74, 6) is 0. The van der Waals surface area contributed by atoms with Gasteiger partial charge in [0.2, 0.25) is 0 Å². The third-order valence-electron chi connectivity index (χ3n) is 3.21. The summed E-state index contributed by atoms with van der Waals surface area (Å²) in [7, 11) is -1.96. The molecule has 0 saturated heterocycles. The van der Waals surface area contributed by atoms with E-state index >= 15 is 0 Å². The minimum absolute atomic E-state index is 0.730. The zero-order valence-corrected chi connectivity index (χ0v) is 13.4. The molecular formula is C16H26O2Si. The first-order valence-electron chi connectivity index (χ1n) is 7.13. The molecule has 0 heterocycles. The van der Waals surface area contributed by atoms with E-state index in [1.165, 1.54) is 11.1 Å². The second kappa shape index (κ2) is 8.30. The van der Waals surface area contributed by atoms with Gasteiger partial charge < -0.3 is 8.85 Å². The second-order valence-electron chi connectivity index (χ2n) is 4.82. The molecule has 0 saturated carbocycles. The smallest absolute Gasteiger partial charge is 0.334 e. The Kier molecular flexibility index (Phi) is 7.06. The first-order chi connectivity index (χ1) is 9.15. The molecule has 1 rings (SSSR count). The number of hydrogen-bond acceptors (Lipinski definition) is 2. The molecule has 0 radical (unpaired) electrons. The Hall–Kier alpha value is -0.903. The average molecular weight is 278 g/mol. The van der Waals surface area contributed by atoms with Crippen LogP contribution in [0.2, 0.25) is 12.6 Å². The van der Waals surface area contributed by atoms with Crippen LogP contribution in [0.3, 0.4) is 0 Å². The molecule has 1 aromatic rings. The highest BCUT2D eigenvalue weighted by Crippen LogP contribution is 2.17. The van der Waals surface area contributed by atoms with Crippen molar-refractivity contribution in [1.82, 2.24) is 0 Å². The van der Waals surface area contributed by atoms with Gasteiger partial charge >= 0.3 is 8.56 Å². The highest BCUT2D eigenvalue weighted by molar-refractivity contribution is 6.66. The van der Waals surface area contributed by atoms with Crippen molar-refractivity contribution in [3.05, 3.63) is 42.0 Å². The second-order valence-corrected chi connectivity index (χ2v) is 8.16. The number of hydrogen-bond donors (Lipinski definition) is 0. The van der Waals surface area contributed by atoms with E-state index in [-0.39, 0.29) is 0 Å². The molecule has 0 aliphatic rings. The highest BCUT2D eigenvalue weighted by Gasteiger charge is 2.29. The van der Waals surface area contributed by atoms with Crippen LogP contribution in [-0.4, -0.2) is 21.8 Å². The summed E-state index contributed by atoms with van der Waals surface area (Å²) in [6.45, 7) is 11.7. The summed E-state index contributed by atoms with van der Waals surface area (Å²) in [6, 6.07) is 9.39. The normalized spacial score (nSPS) is 14.1. The van der Waals surface area contributed by atoms with E-state index in [0.717, 1.165) is 32.1 Å². The van der Waals surface area contributed by atoms with Gasteiger partial charge in [0, 0.05) is 13.2 Å². The zero-order chi connectivity index (χ0) is 14.1. The fraction of sp³-hybridized carbons (Fsp3) is 0.500. The van der Waals surface area contributed by atoms with Crippen molar-refractivity contribution in [3.63, 3.8) is 0 Å². The predicted molar refractivity (Wildman–Crippen MR) is 84.5 cm³/mol. The van der Waals surface area contributed by atoms with Gasteiger partial charge in [-0.05, 0) is 37.1 Å². The average Bonchev–Trinajstić information content (AvgIpc) is 2.40. The lowest BCUT2D eigenvalue weighted by atomic mass is 10.1. The largest absolute Gasteiger partial charge is 0.395 e. The maximum Gasteiger partial charge on any atom is 0.334 e. The Morgan fingerprint density at radius 2 is 1.95 bits per heavy atom. The van der Waals surface area contributed by atoms with Crippen LogP contribution >= 0.6 is 0 Å². The van der Waals surface area contributed by atoms with E-state index in [1.807, 2.05) is 19.1 Å². The number of rotatable bonds is 9. The molecule has 0 aliphatic carbocycles. The van der Waals surface area contributed by atoms with Crippen LogP contribution in [0, 0.1) is 0 Å². The van der Waals surface area contributed by atoms with Gasteiger partial charge in [0.25, 0.3) is 0 Å². The van der Waals surface area contributed by atoms with Crippen molar-refractivity contribution in [2.24, 2.45) is 0 Å². The first-order valence-corrected chi connectivity index (χ1v) is 9.65. The third kappa shape index (κ3) is 5.31. The van der Waals surface area contributed by atoms with Gasteiger partial charge in [0.15, 0.2) is 0 Å². The minimum atomic E-state index is -1.96. The molecule has 0 N–H and O–H groups in total. The standard InChI is InChI=1S/C16H26O2Si/c1-5-14-19(4,17-7-3)18-13-12-16-11-9-8-10-15(16)6-2/h6,8-11H,2,5,7,12-14H2,1,3-4H3. The monoisotopic (exact) mass is 278 g/mol. The molecule has 3 heteroatoms. The summed E-state index contributed by atoms with van der Waals surface area (Å²) >= 11 is 0. The van der Waals surface area contributed by atoms with Crippen LogP contribution in [0.15, 0.2) is 30.8 Å². The van der Waals surface area contributed by atoms with Crippen LogP contribution in [0.25, 0.3) is 6.08 Å². The van der Waals surface area contributed by atoms with E-state index in [9.17, 15) is 0 Å². The zero-order valence-electron chi connectivity index (χ0n) is 12.4. The summed E-state index contributed by atoms with van der Waals surface area (Å²) in [4.78, 5) is 0. The van der Waals surface area contributed by atoms with E-state index in [1.54, 1.807) is 0 Å². The van der Waals surface area contributed by atoms with Gasteiger partial charge in [-0.3, -0.25) is 0 Å². The van der Waals surface area contributed by atoms with Crippen LogP contribution in [0.4, 0.5) is 0 Å². The van der Waals surface area contributed by atoms with Crippen molar-refractivity contribution in [3.8, 4) is 0 Å².